The van der Waals surface area contributed by atoms with Gasteiger partial charge >= 0.3 is 0 Å². The van der Waals surface area contributed by atoms with Crippen LogP contribution in [0.3, 0.4) is 0 Å². The Morgan fingerprint density at radius 3 is 2.89 bits per heavy atom. The lowest BCUT2D eigenvalue weighted by atomic mass is 10.0. The average molecular weight is 290 g/mol. The summed E-state index contributed by atoms with van der Waals surface area (Å²) in [4.78, 5) is 0. The van der Waals surface area contributed by atoms with Crippen molar-refractivity contribution in [2.45, 2.75) is 61.7 Å². The van der Waals surface area contributed by atoms with Gasteiger partial charge in [-0.2, -0.15) is 23.5 Å². The number of rotatable bonds is 6. The van der Waals surface area contributed by atoms with E-state index in [9.17, 15) is 0 Å². The van der Waals surface area contributed by atoms with Gasteiger partial charge in [0.1, 0.15) is 0 Å². The summed E-state index contributed by atoms with van der Waals surface area (Å²) in [6.45, 7) is 3.25. The smallest absolute Gasteiger partial charge is 0.0576 e. The maximum Gasteiger partial charge on any atom is 0.0576 e. The fraction of sp³-hybridized carbons (Fsp3) is 1.00. The van der Waals surface area contributed by atoms with Gasteiger partial charge in [0.15, 0.2) is 0 Å². The SMILES string of the molecule is CCC1SCCSC1C(CCC1CCCO1)NN. The largest absolute Gasteiger partial charge is 0.378 e. The summed E-state index contributed by atoms with van der Waals surface area (Å²) in [6.07, 6.45) is 6.52. The second-order valence-electron chi connectivity index (χ2n) is 5.14. The molecule has 3 N–H and O–H groups in total. The second kappa shape index (κ2) is 8.00. The minimum absolute atomic E-state index is 0.442. The van der Waals surface area contributed by atoms with E-state index in [1.165, 1.54) is 30.8 Å². The van der Waals surface area contributed by atoms with Crippen LogP contribution in [0.15, 0.2) is 0 Å². The Bertz CT molecular complexity index is 237. The van der Waals surface area contributed by atoms with Crippen molar-refractivity contribution in [3.8, 4) is 0 Å². The van der Waals surface area contributed by atoms with Crippen LogP contribution in [0.4, 0.5) is 0 Å². The summed E-state index contributed by atoms with van der Waals surface area (Å²) in [5.74, 6) is 8.35. The first-order valence-corrected chi connectivity index (χ1v) is 9.25. The summed E-state index contributed by atoms with van der Waals surface area (Å²) < 4.78 is 5.71. The van der Waals surface area contributed by atoms with Crippen LogP contribution in [0.25, 0.3) is 0 Å². The zero-order valence-electron chi connectivity index (χ0n) is 11.3. The Hall–Kier alpha value is 0.580. The fourth-order valence-corrected chi connectivity index (χ4v) is 6.18. The van der Waals surface area contributed by atoms with Gasteiger partial charge in [0.05, 0.1) is 6.10 Å². The molecule has 0 amide bonds. The molecule has 0 aromatic heterocycles. The molecule has 0 aliphatic carbocycles. The first-order chi connectivity index (χ1) is 8.85. The molecular weight excluding hydrogens is 264 g/mol. The van der Waals surface area contributed by atoms with Gasteiger partial charge in [0.25, 0.3) is 0 Å². The third kappa shape index (κ3) is 4.04. The number of nitrogens with one attached hydrogen (secondary N) is 1. The van der Waals surface area contributed by atoms with Crippen LogP contribution in [-0.2, 0) is 4.74 Å². The second-order valence-corrected chi connectivity index (χ2v) is 7.77. The molecule has 2 aliphatic heterocycles. The van der Waals surface area contributed by atoms with Crippen molar-refractivity contribution in [3.05, 3.63) is 0 Å². The van der Waals surface area contributed by atoms with Gasteiger partial charge in [-0.1, -0.05) is 6.92 Å². The van der Waals surface area contributed by atoms with Crippen molar-refractivity contribution >= 4 is 23.5 Å². The van der Waals surface area contributed by atoms with E-state index in [-0.39, 0.29) is 0 Å². The van der Waals surface area contributed by atoms with E-state index in [2.05, 4.69) is 35.9 Å². The number of nitrogens with two attached hydrogens (primary N) is 1. The van der Waals surface area contributed by atoms with Crippen LogP contribution < -0.4 is 11.3 Å². The molecule has 2 saturated heterocycles. The van der Waals surface area contributed by atoms with Crippen LogP contribution in [0.5, 0.6) is 0 Å². The lowest BCUT2D eigenvalue weighted by Gasteiger charge is -2.36. The molecule has 2 heterocycles. The minimum Gasteiger partial charge on any atom is -0.378 e. The topological polar surface area (TPSA) is 47.3 Å². The van der Waals surface area contributed by atoms with Gasteiger partial charge in [-0.15, -0.1) is 0 Å². The van der Waals surface area contributed by atoms with Crippen LogP contribution >= 0.6 is 23.5 Å². The van der Waals surface area contributed by atoms with Crippen LogP contribution in [0.1, 0.15) is 39.0 Å². The average Bonchev–Trinajstić information content (AvgIpc) is 2.93. The van der Waals surface area contributed by atoms with Crippen molar-refractivity contribution in [1.29, 1.82) is 0 Å². The van der Waals surface area contributed by atoms with Crippen molar-refractivity contribution in [3.63, 3.8) is 0 Å². The van der Waals surface area contributed by atoms with E-state index in [0.29, 0.717) is 17.4 Å². The fourth-order valence-electron chi connectivity index (χ4n) is 2.89. The minimum atomic E-state index is 0.442. The third-order valence-electron chi connectivity index (χ3n) is 3.93. The standard InChI is InChI=1S/C13H26N2OS2/c1-2-12-13(18-9-8-17-12)11(15-14)6-5-10-4-3-7-16-10/h10-13,15H,2-9,14H2,1H3. The maximum absolute atomic E-state index is 5.79. The van der Waals surface area contributed by atoms with Crippen LogP contribution in [-0.4, -0.2) is 40.8 Å². The maximum atomic E-state index is 5.79. The molecule has 3 nitrogen and oxygen atoms in total. The first-order valence-electron chi connectivity index (χ1n) is 7.16. The molecule has 5 heteroatoms. The molecular formula is C13H26N2OS2. The molecule has 2 fully saturated rings. The quantitative estimate of drug-likeness (QED) is 0.581. The van der Waals surface area contributed by atoms with Crippen LogP contribution in [0.2, 0.25) is 0 Å². The van der Waals surface area contributed by atoms with Crippen molar-refractivity contribution in [1.82, 2.24) is 5.43 Å². The summed E-state index contributed by atoms with van der Waals surface area (Å²) in [5.41, 5.74) is 3.07. The predicted molar refractivity (Wildman–Crippen MR) is 82.1 cm³/mol. The molecule has 0 spiro atoms. The lowest BCUT2D eigenvalue weighted by molar-refractivity contribution is 0.0994. The number of hydrogen-bond acceptors (Lipinski definition) is 5. The lowest BCUT2D eigenvalue weighted by Crippen LogP contribution is -2.48. The van der Waals surface area contributed by atoms with Crippen molar-refractivity contribution < 1.29 is 4.74 Å². The molecule has 2 rings (SSSR count). The molecule has 0 bridgehead atoms. The summed E-state index contributed by atoms with van der Waals surface area (Å²) in [6, 6.07) is 0.442. The molecule has 106 valence electrons. The molecule has 0 aromatic rings. The molecule has 18 heavy (non-hydrogen) atoms. The Labute approximate surface area is 119 Å². The number of hydrazine groups is 1. The zero-order chi connectivity index (χ0) is 12.8. The Balaban J connectivity index is 1.81. The highest BCUT2D eigenvalue weighted by Gasteiger charge is 2.32. The zero-order valence-corrected chi connectivity index (χ0v) is 12.9. The molecule has 0 radical (unpaired) electrons. The number of ether oxygens (including phenoxy) is 1. The van der Waals surface area contributed by atoms with E-state index in [4.69, 9.17) is 10.6 Å². The van der Waals surface area contributed by atoms with E-state index >= 15 is 0 Å². The van der Waals surface area contributed by atoms with Gasteiger partial charge in [-0.25, -0.2) is 0 Å². The Kier molecular flexibility index (Phi) is 6.66. The van der Waals surface area contributed by atoms with Gasteiger partial charge in [-0.3, -0.25) is 11.3 Å². The Morgan fingerprint density at radius 2 is 2.22 bits per heavy atom. The first kappa shape index (κ1) is 15.0. The third-order valence-corrected chi connectivity index (χ3v) is 7.34. The van der Waals surface area contributed by atoms with Gasteiger partial charge in [0.2, 0.25) is 0 Å². The van der Waals surface area contributed by atoms with Gasteiger partial charge in [0, 0.05) is 34.7 Å². The van der Waals surface area contributed by atoms with Crippen molar-refractivity contribution in [2.24, 2.45) is 5.84 Å². The monoisotopic (exact) mass is 290 g/mol. The summed E-state index contributed by atoms with van der Waals surface area (Å²) >= 11 is 4.23. The van der Waals surface area contributed by atoms with E-state index in [1.54, 1.807) is 0 Å². The normalized spacial score (nSPS) is 34.7. The molecule has 0 aromatic carbocycles. The number of hydrogen-bond donors (Lipinski definition) is 2. The Morgan fingerprint density at radius 1 is 1.39 bits per heavy atom. The summed E-state index contributed by atoms with van der Waals surface area (Å²) in [5, 5.41) is 1.43. The molecule has 0 saturated carbocycles. The van der Waals surface area contributed by atoms with Gasteiger partial charge in [-0.05, 0) is 32.1 Å². The van der Waals surface area contributed by atoms with Crippen LogP contribution in [0, 0.1) is 0 Å². The van der Waals surface area contributed by atoms with Gasteiger partial charge < -0.3 is 4.74 Å². The summed E-state index contributed by atoms with van der Waals surface area (Å²) in [7, 11) is 0. The highest BCUT2D eigenvalue weighted by molar-refractivity contribution is 8.07. The number of thioether (sulfide) groups is 2. The van der Waals surface area contributed by atoms with E-state index < -0.39 is 0 Å². The molecule has 2 aliphatic rings. The van der Waals surface area contributed by atoms with Crippen molar-refractivity contribution in [2.75, 3.05) is 18.1 Å². The highest BCUT2D eigenvalue weighted by atomic mass is 32.2. The molecule has 4 unspecified atom stereocenters. The van der Waals surface area contributed by atoms with E-state index in [1.807, 2.05) is 0 Å². The van der Waals surface area contributed by atoms with E-state index in [0.717, 1.165) is 24.7 Å². The highest BCUT2D eigenvalue weighted by Crippen LogP contribution is 2.36. The predicted octanol–water partition coefficient (Wildman–Crippen LogP) is 2.40. The molecule has 4 atom stereocenters.